The molecule has 0 saturated carbocycles. The van der Waals surface area contributed by atoms with Crippen molar-refractivity contribution < 1.29 is 18.0 Å². The molecule has 2 N–H and O–H groups in total. The number of amides is 2. The fourth-order valence-corrected chi connectivity index (χ4v) is 3.99. The lowest BCUT2D eigenvalue weighted by Gasteiger charge is -2.29. The SMILES string of the molecule is O=C(Nc1cccc(C(F)(F)F)c1)Nc1cnn(-c2ncncc2N2CCSCC2)c1. The van der Waals surface area contributed by atoms with Crippen LogP contribution in [0.4, 0.5) is 35.0 Å². The molecule has 12 heteroatoms. The van der Waals surface area contributed by atoms with E-state index in [0.29, 0.717) is 11.5 Å². The zero-order valence-electron chi connectivity index (χ0n) is 16.1. The van der Waals surface area contributed by atoms with Crippen LogP contribution in [0.25, 0.3) is 5.82 Å². The van der Waals surface area contributed by atoms with Gasteiger partial charge in [0.25, 0.3) is 0 Å². The van der Waals surface area contributed by atoms with Crippen LogP contribution < -0.4 is 15.5 Å². The molecule has 4 rings (SSSR count). The third-order valence-electron chi connectivity index (χ3n) is 4.53. The van der Waals surface area contributed by atoms with Crippen LogP contribution in [0.15, 0.2) is 49.2 Å². The van der Waals surface area contributed by atoms with E-state index in [4.69, 9.17) is 0 Å². The maximum Gasteiger partial charge on any atom is 0.416 e. The van der Waals surface area contributed by atoms with Gasteiger partial charge in [0.05, 0.1) is 29.8 Å². The number of aromatic nitrogens is 4. The molecule has 3 heterocycles. The predicted molar refractivity (Wildman–Crippen MR) is 113 cm³/mol. The number of carbonyl (C=O) groups is 1. The molecule has 1 aliphatic rings. The lowest BCUT2D eigenvalue weighted by Crippen LogP contribution is -2.33. The second-order valence-corrected chi connectivity index (χ2v) is 7.89. The molecule has 0 atom stereocenters. The molecular formula is C19H18F3N7OS. The van der Waals surface area contributed by atoms with Gasteiger partial charge in [0.15, 0.2) is 5.82 Å². The van der Waals surface area contributed by atoms with Gasteiger partial charge in [0.2, 0.25) is 0 Å². The van der Waals surface area contributed by atoms with E-state index >= 15 is 0 Å². The van der Waals surface area contributed by atoms with Crippen LogP contribution in [-0.2, 0) is 6.18 Å². The van der Waals surface area contributed by atoms with E-state index in [1.165, 1.54) is 29.3 Å². The number of nitrogens with one attached hydrogen (secondary N) is 2. The molecule has 1 aliphatic heterocycles. The summed E-state index contributed by atoms with van der Waals surface area (Å²) in [6.45, 7) is 1.74. The minimum Gasteiger partial charge on any atom is -0.366 e. The normalized spacial score (nSPS) is 14.4. The molecule has 0 radical (unpaired) electrons. The number of nitrogens with zero attached hydrogens (tertiary/aromatic N) is 5. The highest BCUT2D eigenvalue weighted by Gasteiger charge is 2.30. The van der Waals surface area contributed by atoms with Crippen LogP contribution in [0, 0.1) is 0 Å². The number of thioether (sulfide) groups is 1. The third kappa shape index (κ3) is 5.08. The Morgan fingerprint density at radius 3 is 2.65 bits per heavy atom. The summed E-state index contributed by atoms with van der Waals surface area (Å²) in [6.07, 6.45) is 1.68. The van der Waals surface area contributed by atoms with Gasteiger partial charge in [0.1, 0.15) is 12.0 Å². The summed E-state index contributed by atoms with van der Waals surface area (Å²) in [5, 5.41) is 9.21. The lowest BCUT2D eigenvalue weighted by atomic mass is 10.2. The van der Waals surface area contributed by atoms with Crippen LogP contribution in [0.2, 0.25) is 0 Å². The molecule has 0 bridgehead atoms. The first-order valence-electron chi connectivity index (χ1n) is 9.33. The second kappa shape index (κ2) is 8.84. The molecule has 31 heavy (non-hydrogen) atoms. The monoisotopic (exact) mass is 449 g/mol. The Morgan fingerprint density at radius 1 is 1.10 bits per heavy atom. The third-order valence-corrected chi connectivity index (χ3v) is 5.47. The minimum absolute atomic E-state index is 0.0285. The molecule has 0 unspecified atom stereocenters. The van der Waals surface area contributed by atoms with E-state index in [0.717, 1.165) is 42.4 Å². The van der Waals surface area contributed by atoms with Gasteiger partial charge in [-0.3, -0.25) is 0 Å². The molecule has 2 amide bonds. The second-order valence-electron chi connectivity index (χ2n) is 6.66. The van der Waals surface area contributed by atoms with Crippen molar-refractivity contribution in [2.24, 2.45) is 0 Å². The Morgan fingerprint density at radius 2 is 1.87 bits per heavy atom. The maximum absolute atomic E-state index is 12.8. The van der Waals surface area contributed by atoms with Crippen molar-refractivity contribution in [3.05, 3.63) is 54.7 Å². The Labute approximate surface area is 179 Å². The van der Waals surface area contributed by atoms with E-state index in [1.54, 1.807) is 12.4 Å². The number of urea groups is 1. The molecule has 1 saturated heterocycles. The zero-order chi connectivity index (χ0) is 21.8. The lowest BCUT2D eigenvalue weighted by molar-refractivity contribution is -0.137. The highest BCUT2D eigenvalue weighted by Crippen LogP contribution is 2.30. The molecule has 2 aromatic heterocycles. The van der Waals surface area contributed by atoms with Gasteiger partial charge in [-0.15, -0.1) is 0 Å². The van der Waals surface area contributed by atoms with Crippen molar-refractivity contribution in [2.45, 2.75) is 6.18 Å². The minimum atomic E-state index is -4.49. The average molecular weight is 449 g/mol. The number of benzene rings is 1. The van der Waals surface area contributed by atoms with Crippen LogP contribution in [-0.4, -0.2) is 50.4 Å². The van der Waals surface area contributed by atoms with E-state index in [2.05, 4.69) is 30.6 Å². The number of carbonyl (C=O) groups excluding carboxylic acids is 1. The van der Waals surface area contributed by atoms with Gasteiger partial charge in [0, 0.05) is 30.3 Å². The van der Waals surface area contributed by atoms with Gasteiger partial charge < -0.3 is 15.5 Å². The highest BCUT2D eigenvalue weighted by molar-refractivity contribution is 7.99. The van der Waals surface area contributed by atoms with E-state index in [1.807, 2.05) is 11.8 Å². The topological polar surface area (TPSA) is 88.0 Å². The predicted octanol–water partition coefficient (Wildman–Crippen LogP) is 3.88. The quantitative estimate of drug-likeness (QED) is 0.629. The molecule has 0 aliphatic carbocycles. The summed E-state index contributed by atoms with van der Waals surface area (Å²) >= 11 is 1.89. The molecule has 162 valence electrons. The summed E-state index contributed by atoms with van der Waals surface area (Å²) in [4.78, 5) is 22.8. The standard InChI is InChI=1S/C19H18F3N7OS/c20-19(21,22)13-2-1-3-14(8-13)26-18(30)27-15-9-25-29(11-15)17-16(10-23-12-24-17)28-4-6-31-7-5-28/h1-3,8-12H,4-7H2,(H2,26,27,30). The summed E-state index contributed by atoms with van der Waals surface area (Å²) in [6, 6.07) is 3.73. The summed E-state index contributed by atoms with van der Waals surface area (Å²) in [5.41, 5.74) is 0.389. The number of rotatable bonds is 4. The molecular weight excluding hydrogens is 431 g/mol. The van der Waals surface area contributed by atoms with Gasteiger partial charge in [-0.05, 0) is 18.2 Å². The number of hydrogen-bond donors (Lipinski definition) is 2. The van der Waals surface area contributed by atoms with Crippen molar-refractivity contribution in [3.8, 4) is 5.82 Å². The largest absolute Gasteiger partial charge is 0.416 e. The summed E-state index contributed by atoms with van der Waals surface area (Å²) in [7, 11) is 0. The summed E-state index contributed by atoms with van der Waals surface area (Å²) < 4.78 is 40.0. The molecule has 8 nitrogen and oxygen atoms in total. The van der Waals surface area contributed by atoms with E-state index < -0.39 is 17.8 Å². The first kappa shape index (κ1) is 21.0. The summed E-state index contributed by atoms with van der Waals surface area (Å²) in [5.74, 6) is 2.60. The van der Waals surface area contributed by atoms with Crippen LogP contribution >= 0.6 is 11.8 Å². The van der Waals surface area contributed by atoms with Crippen molar-refractivity contribution >= 4 is 34.9 Å². The first-order chi connectivity index (χ1) is 14.9. The first-order valence-corrected chi connectivity index (χ1v) is 10.5. The number of hydrogen-bond acceptors (Lipinski definition) is 6. The number of anilines is 3. The fourth-order valence-electron chi connectivity index (χ4n) is 3.09. The van der Waals surface area contributed by atoms with Crippen LogP contribution in [0.5, 0.6) is 0 Å². The van der Waals surface area contributed by atoms with Gasteiger partial charge in [-0.25, -0.2) is 19.4 Å². The van der Waals surface area contributed by atoms with E-state index in [-0.39, 0.29) is 5.69 Å². The number of halogens is 3. The Balaban J connectivity index is 1.46. The Hall–Kier alpha value is -3.28. The average Bonchev–Trinajstić information content (AvgIpc) is 3.22. The zero-order valence-corrected chi connectivity index (χ0v) is 17.0. The van der Waals surface area contributed by atoms with Crippen LogP contribution in [0.3, 0.4) is 0 Å². The highest BCUT2D eigenvalue weighted by atomic mass is 32.2. The molecule has 0 spiro atoms. The maximum atomic E-state index is 12.8. The van der Waals surface area contributed by atoms with Crippen molar-refractivity contribution in [3.63, 3.8) is 0 Å². The van der Waals surface area contributed by atoms with Gasteiger partial charge >= 0.3 is 12.2 Å². The van der Waals surface area contributed by atoms with Gasteiger partial charge in [-0.2, -0.15) is 30.0 Å². The molecule has 3 aromatic rings. The van der Waals surface area contributed by atoms with E-state index in [9.17, 15) is 18.0 Å². The van der Waals surface area contributed by atoms with Crippen LogP contribution in [0.1, 0.15) is 5.56 Å². The Bertz CT molecular complexity index is 1070. The Kier molecular flexibility index (Phi) is 5.98. The molecule has 1 aromatic carbocycles. The molecule has 1 fully saturated rings. The van der Waals surface area contributed by atoms with Crippen molar-refractivity contribution in [1.29, 1.82) is 0 Å². The van der Waals surface area contributed by atoms with Crippen molar-refractivity contribution in [2.75, 3.05) is 40.1 Å². The smallest absolute Gasteiger partial charge is 0.366 e. The number of alkyl halides is 3. The van der Waals surface area contributed by atoms with Crippen molar-refractivity contribution in [1.82, 2.24) is 19.7 Å². The fraction of sp³-hybridized carbons (Fsp3) is 0.263. The van der Waals surface area contributed by atoms with Gasteiger partial charge in [-0.1, -0.05) is 6.07 Å².